The highest BCUT2D eigenvalue weighted by molar-refractivity contribution is 5.64. The zero-order valence-electron chi connectivity index (χ0n) is 30.9. The molecule has 28 heavy (non-hydrogen) atoms. The Balaban J connectivity index is 1.82. The van der Waals surface area contributed by atoms with Gasteiger partial charge in [0.2, 0.25) is 0 Å². The summed E-state index contributed by atoms with van der Waals surface area (Å²) in [6.45, 7) is -9.34. The largest absolute Gasteiger partial charge is 0.365 e. The second kappa shape index (κ2) is 6.26. The fraction of sp³-hybridized carbons (Fsp3) is 0.778. The van der Waals surface area contributed by atoms with E-state index in [2.05, 4.69) is 0 Å². The van der Waals surface area contributed by atoms with Gasteiger partial charge in [0.05, 0.1) is 0 Å². The second-order valence-electron chi connectivity index (χ2n) is 10.6. The fourth-order valence-electron chi connectivity index (χ4n) is 7.75. The van der Waals surface area contributed by atoms with Gasteiger partial charge in [0.15, 0.2) is 0 Å². The number of hydrogen-bond donors (Lipinski definition) is 0. The lowest BCUT2D eigenvalue weighted by atomic mass is 9.44. The van der Waals surface area contributed by atoms with Crippen LogP contribution >= 0.6 is 0 Å². The van der Waals surface area contributed by atoms with Gasteiger partial charge in [-0.3, -0.25) is 0 Å². The van der Waals surface area contributed by atoms with E-state index >= 15 is 0 Å². The molecule has 1 heteroatoms. The molecule has 4 bridgehead atoms. The van der Waals surface area contributed by atoms with Gasteiger partial charge in [0.1, 0.15) is 0 Å². The van der Waals surface area contributed by atoms with E-state index in [0.29, 0.717) is 36.6 Å². The van der Waals surface area contributed by atoms with Gasteiger partial charge < -0.3 is 4.90 Å². The van der Waals surface area contributed by atoms with E-state index in [1.54, 1.807) is 4.90 Å². The summed E-state index contributed by atoms with van der Waals surface area (Å²) >= 11 is 0. The van der Waals surface area contributed by atoms with Crippen molar-refractivity contribution in [1.29, 1.82) is 0 Å². The lowest BCUT2D eigenvalue weighted by Crippen LogP contribution is -2.54. The number of hydrogen-bond acceptors (Lipinski definition) is 1. The highest BCUT2D eigenvalue weighted by Crippen LogP contribution is 2.67. The quantitative estimate of drug-likeness (QED) is 0.518. The van der Waals surface area contributed by atoms with Gasteiger partial charge in [-0.2, -0.15) is 0 Å². The molecule has 1 nitrogen and oxygen atoms in total. The Kier molecular flexibility index (Phi) is 2.02. The van der Waals surface area contributed by atoms with Crippen LogP contribution in [0.25, 0.3) is 0 Å². The van der Waals surface area contributed by atoms with Gasteiger partial charge in [-0.15, -0.1) is 0 Å². The summed E-state index contributed by atoms with van der Waals surface area (Å²) in [6.07, 6.45) is 6.22. The summed E-state index contributed by atoms with van der Waals surface area (Å²) in [6, 6.07) is 3.58. The Morgan fingerprint density at radius 2 is 1.46 bits per heavy atom. The smallest absolute Gasteiger partial charge is 0.0441 e. The van der Waals surface area contributed by atoms with Crippen molar-refractivity contribution in [2.45, 2.75) is 97.1 Å². The Labute approximate surface area is 193 Å². The minimum absolute atomic E-state index is 0.198. The van der Waals surface area contributed by atoms with E-state index in [4.69, 9.17) is 19.2 Å². The van der Waals surface area contributed by atoms with Gasteiger partial charge in [-0.25, -0.2) is 0 Å². The van der Waals surface area contributed by atoms with E-state index in [9.17, 15) is 0 Å². The summed E-state index contributed by atoms with van der Waals surface area (Å²) in [5, 5.41) is 0. The van der Waals surface area contributed by atoms with Crippen LogP contribution in [0.5, 0.6) is 0 Å². The fourth-order valence-corrected chi connectivity index (χ4v) is 7.75. The first-order valence-electron chi connectivity index (χ1n) is 17.7. The molecule has 154 valence electrons. The molecule has 0 radical (unpaired) electrons. The average molecular weight is 394 g/mol. The van der Waals surface area contributed by atoms with Crippen molar-refractivity contribution < 1.29 is 19.2 Å². The molecule has 1 aromatic carbocycles. The van der Waals surface area contributed by atoms with Crippen LogP contribution in [0.3, 0.4) is 0 Å². The number of anilines is 1. The van der Waals surface area contributed by atoms with Gasteiger partial charge >= 0.3 is 0 Å². The number of rotatable bonds is 3. The molecular formula is C27H41N. The highest BCUT2D eigenvalue weighted by Gasteiger charge is 2.62. The number of para-hydroxylation sites is 1. The highest BCUT2D eigenvalue weighted by atomic mass is 15.2. The van der Waals surface area contributed by atoms with E-state index in [1.165, 1.54) is 24.6 Å². The lowest BCUT2D eigenvalue weighted by molar-refractivity contribution is -0.0993. The molecule has 1 heterocycles. The molecule has 0 atom stereocenters. The van der Waals surface area contributed by atoms with Crippen molar-refractivity contribution in [3.63, 3.8) is 0 Å². The first kappa shape index (κ1) is 9.03. The molecular weight excluding hydrogens is 338 g/mol. The van der Waals surface area contributed by atoms with E-state index in [0.717, 1.165) is 25.7 Å². The van der Waals surface area contributed by atoms with Crippen molar-refractivity contribution in [3.05, 3.63) is 29.3 Å². The third-order valence-corrected chi connectivity index (χ3v) is 8.55. The minimum Gasteiger partial charge on any atom is -0.365 e. The summed E-state index contributed by atoms with van der Waals surface area (Å²) in [5.74, 6) is -4.32. The molecule has 6 rings (SSSR count). The standard InChI is InChI=1S/C27H41N/c1-17(2)23-8-7-9-24(18(3)4)25(23)28-16-27(15-26(28,5)6)21-11-19-10-20(13-21)14-22(27)12-19/h7-9,17-22H,10-16H2,1-6H3/i1D3,2D3,3D3,4D3,17D,18D. The van der Waals surface area contributed by atoms with Crippen LogP contribution in [-0.4, -0.2) is 12.1 Å². The van der Waals surface area contributed by atoms with E-state index < -0.39 is 55.9 Å². The molecule has 4 saturated carbocycles. The zero-order chi connectivity index (χ0) is 31.7. The topological polar surface area (TPSA) is 3.24 Å². The number of nitrogens with zero attached hydrogens (tertiary/aromatic N) is 1. The van der Waals surface area contributed by atoms with E-state index in [1.807, 2.05) is 13.8 Å². The first-order chi connectivity index (χ1) is 18.8. The molecule has 1 aliphatic heterocycles. The Bertz CT molecular complexity index is 1110. The van der Waals surface area contributed by atoms with Crippen molar-refractivity contribution in [2.24, 2.45) is 29.1 Å². The van der Waals surface area contributed by atoms with Crippen LogP contribution in [0, 0.1) is 29.1 Å². The zero-order valence-corrected chi connectivity index (χ0v) is 16.9. The molecule has 4 aliphatic carbocycles. The molecule has 1 aromatic rings. The summed E-state index contributed by atoms with van der Waals surface area (Å²) in [4.78, 5) is 1.79. The SMILES string of the molecule is [2H]C([2H])([2H])C([2H])(c1cccc(C([2H])(C([2H])([2H])[2H])C([2H])([2H])[2H])c1N1CC2(CC1(C)C)C1CC3CC(C1)CC2C3)C([2H])([2H])[2H]. The van der Waals surface area contributed by atoms with Crippen LogP contribution in [0.4, 0.5) is 5.69 Å². The molecule has 0 N–H and O–H groups in total. The Hall–Kier alpha value is -0.980. The Morgan fingerprint density at radius 1 is 0.929 bits per heavy atom. The maximum atomic E-state index is 9.11. The molecule has 5 fully saturated rings. The van der Waals surface area contributed by atoms with Crippen LogP contribution in [0.15, 0.2) is 18.2 Å². The van der Waals surface area contributed by atoms with Gasteiger partial charge in [-0.05, 0) is 104 Å². The minimum atomic E-state index is -3.39. The van der Waals surface area contributed by atoms with Crippen molar-refractivity contribution in [1.82, 2.24) is 0 Å². The van der Waals surface area contributed by atoms with Crippen LogP contribution < -0.4 is 4.90 Å². The Morgan fingerprint density at radius 3 is 1.96 bits per heavy atom. The van der Waals surface area contributed by atoms with Crippen molar-refractivity contribution in [3.8, 4) is 0 Å². The van der Waals surface area contributed by atoms with Gasteiger partial charge in [-0.1, -0.05) is 45.6 Å². The maximum Gasteiger partial charge on any atom is 0.0441 e. The number of benzene rings is 1. The molecule has 0 aromatic heterocycles. The lowest BCUT2D eigenvalue weighted by Gasteiger charge is -2.60. The average Bonchev–Trinajstić information content (AvgIpc) is 3.09. The first-order valence-corrected chi connectivity index (χ1v) is 10.7. The third kappa shape index (κ3) is 2.63. The third-order valence-electron chi connectivity index (χ3n) is 8.55. The molecule has 1 saturated heterocycles. The predicted molar refractivity (Wildman–Crippen MR) is 120 cm³/mol. The van der Waals surface area contributed by atoms with Gasteiger partial charge in [0, 0.05) is 37.0 Å². The van der Waals surface area contributed by atoms with Crippen molar-refractivity contribution in [2.75, 3.05) is 11.4 Å². The monoisotopic (exact) mass is 393 g/mol. The van der Waals surface area contributed by atoms with Crippen LogP contribution in [0.1, 0.15) is 122 Å². The summed E-state index contributed by atoms with van der Waals surface area (Å²) in [5.41, 5.74) is -2.15. The summed E-state index contributed by atoms with van der Waals surface area (Å²) in [7, 11) is 0. The van der Waals surface area contributed by atoms with Crippen LogP contribution in [0.2, 0.25) is 0 Å². The molecule has 0 unspecified atom stereocenters. The van der Waals surface area contributed by atoms with Gasteiger partial charge in [0.25, 0.3) is 0 Å². The second-order valence-corrected chi connectivity index (χ2v) is 10.6. The molecule has 0 amide bonds. The van der Waals surface area contributed by atoms with Crippen LogP contribution in [-0.2, 0) is 0 Å². The molecule has 1 spiro atoms. The molecule has 5 aliphatic rings. The maximum absolute atomic E-state index is 9.11. The summed E-state index contributed by atoms with van der Waals surface area (Å²) < 4.78 is 117. The normalized spacial score (nSPS) is 48.3. The van der Waals surface area contributed by atoms with E-state index in [-0.39, 0.29) is 11.1 Å². The predicted octanol–water partition coefficient (Wildman–Crippen LogP) is 7.36. The van der Waals surface area contributed by atoms with Crippen molar-refractivity contribution >= 4 is 5.69 Å².